The average Bonchev–Trinajstić information content (AvgIpc) is 2.97. The smallest absolute Gasteiger partial charge is 0.406 e. The van der Waals surface area contributed by atoms with Gasteiger partial charge >= 0.3 is 6.18 Å². The maximum Gasteiger partial charge on any atom is 0.406 e. The highest BCUT2D eigenvalue weighted by Gasteiger charge is 2.35. The fraction of sp³-hybridized carbons (Fsp3) is 0.308. The number of hydrogen-bond donors (Lipinski definition) is 0. The number of amides is 1. The summed E-state index contributed by atoms with van der Waals surface area (Å²) in [6, 6.07) is 4.57. The number of rotatable bonds is 4. The molecule has 0 radical (unpaired) electrons. The largest absolute Gasteiger partial charge is 0.467 e. The predicted octanol–water partition coefficient (Wildman–Crippen LogP) is 3.39. The highest BCUT2D eigenvalue weighted by molar-refractivity contribution is 5.92. The van der Waals surface area contributed by atoms with Crippen LogP contribution < -0.4 is 0 Å². The molecule has 20 heavy (non-hydrogen) atoms. The Kier molecular flexibility index (Phi) is 3.87. The molecule has 0 atom stereocenters. The van der Waals surface area contributed by atoms with Gasteiger partial charge in [0.2, 0.25) is 0 Å². The van der Waals surface area contributed by atoms with Gasteiger partial charge in [-0.15, -0.1) is 0 Å². The third-order valence-corrected chi connectivity index (χ3v) is 2.64. The number of aryl methyl sites for hydroxylation is 1. The molecule has 2 aromatic rings. The molecule has 0 saturated heterocycles. The van der Waals surface area contributed by atoms with Crippen LogP contribution in [0.1, 0.15) is 21.9 Å². The number of furan rings is 2. The van der Waals surface area contributed by atoms with E-state index in [0.717, 1.165) is 0 Å². The third kappa shape index (κ3) is 3.43. The molecule has 0 unspecified atom stereocenters. The second kappa shape index (κ2) is 5.44. The van der Waals surface area contributed by atoms with E-state index in [-0.39, 0.29) is 18.1 Å². The zero-order valence-electron chi connectivity index (χ0n) is 10.6. The van der Waals surface area contributed by atoms with E-state index >= 15 is 0 Å². The second-order valence-electron chi connectivity index (χ2n) is 4.29. The normalized spacial score (nSPS) is 11.6. The van der Waals surface area contributed by atoms with E-state index in [0.29, 0.717) is 10.5 Å². The van der Waals surface area contributed by atoms with Crippen molar-refractivity contribution in [3.05, 3.63) is 47.8 Å². The standard InChI is InChI=1S/C13H12F3NO3/c1-9-4-6-20-11(9)12(18)17(8-13(14,15)16)7-10-3-2-5-19-10/h2-6H,7-8H2,1H3. The van der Waals surface area contributed by atoms with Gasteiger partial charge in [0.1, 0.15) is 12.3 Å². The zero-order chi connectivity index (χ0) is 14.8. The van der Waals surface area contributed by atoms with Crippen molar-refractivity contribution in [3.8, 4) is 0 Å². The van der Waals surface area contributed by atoms with E-state index in [9.17, 15) is 18.0 Å². The first kappa shape index (κ1) is 14.2. The monoisotopic (exact) mass is 287 g/mol. The molecule has 0 aliphatic rings. The number of alkyl halides is 3. The van der Waals surface area contributed by atoms with Gasteiger partial charge in [-0.1, -0.05) is 0 Å². The van der Waals surface area contributed by atoms with Crippen molar-refractivity contribution < 1.29 is 26.8 Å². The average molecular weight is 287 g/mol. The van der Waals surface area contributed by atoms with Crippen LogP contribution in [-0.2, 0) is 6.54 Å². The third-order valence-electron chi connectivity index (χ3n) is 2.64. The van der Waals surface area contributed by atoms with Gasteiger partial charge in [0.05, 0.1) is 19.1 Å². The summed E-state index contributed by atoms with van der Waals surface area (Å²) in [4.78, 5) is 12.8. The maximum absolute atomic E-state index is 12.6. The minimum absolute atomic E-state index is 0.0965. The summed E-state index contributed by atoms with van der Waals surface area (Å²) in [7, 11) is 0. The van der Waals surface area contributed by atoms with Gasteiger partial charge in [-0.2, -0.15) is 13.2 Å². The molecule has 0 N–H and O–H groups in total. The Morgan fingerprint density at radius 1 is 1.25 bits per heavy atom. The molecule has 2 heterocycles. The molecule has 0 saturated carbocycles. The van der Waals surface area contributed by atoms with E-state index in [1.54, 1.807) is 13.0 Å². The number of carbonyl (C=O) groups excluding carboxylic acids is 1. The highest BCUT2D eigenvalue weighted by atomic mass is 19.4. The van der Waals surface area contributed by atoms with Crippen LogP contribution in [0.2, 0.25) is 0 Å². The number of halogens is 3. The first-order valence-electron chi connectivity index (χ1n) is 5.79. The zero-order valence-corrected chi connectivity index (χ0v) is 10.6. The summed E-state index contributed by atoms with van der Waals surface area (Å²) >= 11 is 0. The maximum atomic E-state index is 12.6. The number of carbonyl (C=O) groups is 1. The fourth-order valence-electron chi connectivity index (χ4n) is 1.74. The first-order valence-corrected chi connectivity index (χ1v) is 5.79. The van der Waals surface area contributed by atoms with Crippen LogP contribution in [0.25, 0.3) is 0 Å². The summed E-state index contributed by atoms with van der Waals surface area (Å²) in [5.41, 5.74) is 0.488. The van der Waals surface area contributed by atoms with Gasteiger partial charge < -0.3 is 13.7 Å². The molecule has 1 amide bonds. The molecule has 7 heteroatoms. The Morgan fingerprint density at radius 2 is 2.00 bits per heavy atom. The molecule has 0 aromatic carbocycles. The minimum atomic E-state index is -4.50. The Hall–Kier alpha value is -2.18. The van der Waals surface area contributed by atoms with Crippen LogP contribution in [0.4, 0.5) is 13.2 Å². The molecule has 0 bridgehead atoms. The molecule has 4 nitrogen and oxygen atoms in total. The molecule has 0 aliphatic heterocycles. The highest BCUT2D eigenvalue weighted by Crippen LogP contribution is 2.21. The van der Waals surface area contributed by atoms with E-state index in [4.69, 9.17) is 8.83 Å². The Bertz CT molecular complexity index is 572. The fourth-order valence-corrected chi connectivity index (χ4v) is 1.74. The predicted molar refractivity (Wildman–Crippen MR) is 62.9 cm³/mol. The number of hydrogen-bond acceptors (Lipinski definition) is 3. The molecular formula is C13H12F3NO3. The lowest BCUT2D eigenvalue weighted by atomic mass is 10.2. The lowest BCUT2D eigenvalue weighted by Gasteiger charge is -2.22. The van der Waals surface area contributed by atoms with Crippen molar-refractivity contribution in [1.82, 2.24) is 4.90 Å². The van der Waals surface area contributed by atoms with Crippen LogP contribution in [0, 0.1) is 6.92 Å². The van der Waals surface area contributed by atoms with Crippen LogP contribution in [0.3, 0.4) is 0 Å². The summed E-state index contributed by atoms with van der Waals surface area (Å²) in [5, 5.41) is 0. The Labute approximate surface area is 112 Å². The topological polar surface area (TPSA) is 46.6 Å². The quantitative estimate of drug-likeness (QED) is 0.866. The van der Waals surface area contributed by atoms with Gasteiger partial charge in [-0.3, -0.25) is 4.79 Å². The van der Waals surface area contributed by atoms with Crippen LogP contribution in [-0.4, -0.2) is 23.5 Å². The summed E-state index contributed by atoms with van der Waals surface area (Å²) in [6.07, 6.45) is -1.90. The Morgan fingerprint density at radius 3 is 2.50 bits per heavy atom. The van der Waals surface area contributed by atoms with Crippen LogP contribution >= 0.6 is 0 Å². The summed E-state index contributed by atoms with van der Waals surface area (Å²) < 4.78 is 47.7. The van der Waals surface area contributed by atoms with Gasteiger partial charge in [0.15, 0.2) is 5.76 Å². The summed E-state index contributed by atoms with van der Waals surface area (Å²) in [6.45, 7) is -0.0481. The molecule has 0 aliphatic carbocycles. The van der Waals surface area contributed by atoms with Crippen molar-refractivity contribution in [1.29, 1.82) is 0 Å². The van der Waals surface area contributed by atoms with Gasteiger partial charge in [0.25, 0.3) is 5.91 Å². The number of nitrogens with zero attached hydrogens (tertiary/aromatic N) is 1. The Balaban J connectivity index is 2.22. The van der Waals surface area contributed by atoms with E-state index in [1.807, 2.05) is 0 Å². The SMILES string of the molecule is Cc1ccoc1C(=O)N(Cc1ccco1)CC(F)(F)F. The molecule has 108 valence electrons. The van der Waals surface area contributed by atoms with Crippen molar-refractivity contribution in [2.24, 2.45) is 0 Å². The van der Waals surface area contributed by atoms with Crippen molar-refractivity contribution in [2.45, 2.75) is 19.6 Å². The van der Waals surface area contributed by atoms with Gasteiger partial charge in [-0.25, -0.2) is 0 Å². The molecule has 2 rings (SSSR count). The van der Waals surface area contributed by atoms with Crippen molar-refractivity contribution in [3.63, 3.8) is 0 Å². The minimum Gasteiger partial charge on any atom is -0.467 e. The van der Waals surface area contributed by atoms with Crippen LogP contribution in [0.15, 0.2) is 39.6 Å². The second-order valence-corrected chi connectivity index (χ2v) is 4.29. The lowest BCUT2D eigenvalue weighted by molar-refractivity contribution is -0.142. The molecule has 2 aromatic heterocycles. The van der Waals surface area contributed by atoms with Gasteiger partial charge in [-0.05, 0) is 25.1 Å². The molecule has 0 spiro atoms. The van der Waals surface area contributed by atoms with Crippen LogP contribution in [0.5, 0.6) is 0 Å². The van der Waals surface area contributed by atoms with E-state index in [2.05, 4.69) is 0 Å². The first-order chi connectivity index (χ1) is 9.37. The molecule has 0 fully saturated rings. The van der Waals surface area contributed by atoms with Crippen molar-refractivity contribution in [2.75, 3.05) is 6.54 Å². The molecular weight excluding hydrogens is 275 g/mol. The van der Waals surface area contributed by atoms with Gasteiger partial charge in [0, 0.05) is 5.56 Å². The van der Waals surface area contributed by atoms with E-state index < -0.39 is 18.6 Å². The summed E-state index contributed by atoms with van der Waals surface area (Å²) in [5.74, 6) is -0.645. The van der Waals surface area contributed by atoms with E-state index in [1.165, 1.54) is 24.7 Å². The lowest BCUT2D eigenvalue weighted by Crippen LogP contribution is -2.38. The van der Waals surface area contributed by atoms with Crippen molar-refractivity contribution >= 4 is 5.91 Å².